The van der Waals surface area contributed by atoms with Gasteiger partial charge in [0.05, 0.1) is 6.10 Å². The van der Waals surface area contributed by atoms with Crippen molar-refractivity contribution in [3.05, 3.63) is 24.0 Å². The summed E-state index contributed by atoms with van der Waals surface area (Å²) in [6.45, 7) is 7.35. The molecule has 1 N–H and O–H groups in total. The van der Waals surface area contributed by atoms with Crippen LogP contribution < -0.4 is 5.32 Å². The molecule has 0 spiro atoms. The smallest absolute Gasteiger partial charge is 0.0754 e. The van der Waals surface area contributed by atoms with E-state index in [1.165, 1.54) is 18.4 Å². The fraction of sp³-hybridized carbons (Fsp3) is 0.714. The van der Waals surface area contributed by atoms with Gasteiger partial charge in [-0.3, -0.25) is 0 Å². The molecule has 0 aliphatic carbocycles. The number of ether oxygens (including phenoxy) is 1. The van der Waals surface area contributed by atoms with Gasteiger partial charge in [0.25, 0.3) is 0 Å². The van der Waals surface area contributed by atoms with Gasteiger partial charge in [-0.1, -0.05) is 13.8 Å². The molecule has 0 bridgehead atoms. The Hall–Kier alpha value is -0.800. The van der Waals surface area contributed by atoms with E-state index >= 15 is 0 Å². The summed E-state index contributed by atoms with van der Waals surface area (Å²) in [5, 5.41) is 3.51. The lowest BCUT2D eigenvalue weighted by atomic mass is 10.1. The summed E-state index contributed by atoms with van der Waals surface area (Å²) in [6, 6.07) is 2.72. The van der Waals surface area contributed by atoms with E-state index in [1.807, 2.05) is 0 Å². The van der Waals surface area contributed by atoms with Crippen molar-refractivity contribution in [1.82, 2.24) is 9.88 Å². The summed E-state index contributed by atoms with van der Waals surface area (Å²) in [5.41, 5.74) is 1.40. The van der Waals surface area contributed by atoms with Crippen molar-refractivity contribution in [3.63, 3.8) is 0 Å². The second kappa shape index (κ2) is 6.22. The van der Waals surface area contributed by atoms with Crippen LogP contribution in [0.5, 0.6) is 0 Å². The minimum Gasteiger partial charge on any atom is -0.376 e. The van der Waals surface area contributed by atoms with Crippen LogP contribution in [-0.4, -0.2) is 23.8 Å². The lowest BCUT2D eigenvalue weighted by molar-refractivity contribution is 0.0971. The van der Waals surface area contributed by atoms with Gasteiger partial charge in [0.1, 0.15) is 0 Å². The van der Waals surface area contributed by atoms with Gasteiger partial charge in [-0.2, -0.15) is 0 Å². The fourth-order valence-electron chi connectivity index (χ4n) is 2.55. The first-order valence-electron chi connectivity index (χ1n) is 6.84. The third-order valence-corrected chi connectivity index (χ3v) is 3.47. The summed E-state index contributed by atoms with van der Waals surface area (Å²) in [7, 11) is 0. The molecule has 1 aliphatic rings. The van der Waals surface area contributed by atoms with Gasteiger partial charge in [-0.05, 0) is 37.4 Å². The maximum atomic E-state index is 5.66. The third kappa shape index (κ3) is 3.33. The highest BCUT2D eigenvalue weighted by atomic mass is 16.5. The van der Waals surface area contributed by atoms with E-state index in [4.69, 9.17) is 4.74 Å². The van der Waals surface area contributed by atoms with Crippen LogP contribution in [0, 0.1) is 0 Å². The Balaban J connectivity index is 1.94. The molecular weight excluding hydrogens is 212 g/mol. The van der Waals surface area contributed by atoms with Gasteiger partial charge in [-0.15, -0.1) is 0 Å². The predicted molar refractivity (Wildman–Crippen MR) is 70.1 cm³/mol. The van der Waals surface area contributed by atoms with Crippen LogP contribution in [0.2, 0.25) is 0 Å². The van der Waals surface area contributed by atoms with E-state index in [-0.39, 0.29) is 0 Å². The van der Waals surface area contributed by atoms with E-state index in [2.05, 4.69) is 42.2 Å². The topological polar surface area (TPSA) is 26.2 Å². The monoisotopic (exact) mass is 236 g/mol. The molecule has 96 valence electrons. The molecule has 1 saturated heterocycles. The molecule has 17 heavy (non-hydrogen) atoms. The number of aromatic nitrogens is 1. The van der Waals surface area contributed by atoms with E-state index in [9.17, 15) is 0 Å². The zero-order valence-corrected chi connectivity index (χ0v) is 11.0. The molecule has 0 amide bonds. The molecule has 0 radical (unpaired) electrons. The largest absolute Gasteiger partial charge is 0.376 e. The van der Waals surface area contributed by atoms with Gasteiger partial charge in [0, 0.05) is 31.6 Å². The normalized spacial score (nSPS) is 21.9. The van der Waals surface area contributed by atoms with Crippen LogP contribution in [0.25, 0.3) is 0 Å². The maximum Gasteiger partial charge on any atom is 0.0754 e. The van der Waals surface area contributed by atoms with Crippen molar-refractivity contribution in [2.75, 3.05) is 13.2 Å². The van der Waals surface area contributed by atoms with Crippen molar-refractivity contribution in [1.29, 1.82) is 0 Å². The Labute approximate surface area is 104 Å². The van der Waals surface area contributed by atoms with Crippen molar-refractivity contribution in [3.8, 4) is 0 Å². The first-order chi connectivity index (χ1) is 8.33. The SMILES string of the molecule is CCNC(CC)c1ccn(CC2CCCO2)c1. The van der Waals surface area contributed by atoms with Crippen LogP contribution in [0.1, 0.15) is 44.7 Å². The van der Waals surface area contributed by atoms with Crippen LogP contribution in [0.15, 0.2) is 18.5 Å². The zero-order chi connectivity index (χ0) is 12.1. The number of hydrogen-bond donors (Lipinski definition) is 1. The molecule has 2 atom stereocenters. The van der Waals surface area contributed by atoms with Crippen molar-refractivity contribution in [2.24, 2.45) is 0 Å². The van der Waals surface area contributed by atoms with Crippen LogP contribution in [-0.2, 0) is 11.3 Å². The summed E-state index contributed by atoms with van der Waals surface area (Å²) in [5.74, 6) is 0. The highest BCUT2D eigenvalue weighted by Gasteiger charge is 2.16. The summed E-state index contributed by atoms with van der Waals surface area (Å²) < 4.78 is 7.93. The van der Waals surface area contributed by atoms with Crippen LogP contribution in [0.4, 0.5) is 0 Å². The predicted octanol–water partition coefficient (Wildman–Crippen LogP) is 2.73. The van der Waals surface area contributed by atoms with E-state index in [0.717, 1.165) is 26.1 Å². The average molecular weight is 236 g/mol. The molecule has 2 unspecified atom stereocenters. The fourth-order valence-corrected chi connectivity index (χ4v) is 2.55. The number of hydrogen-bond acceptors (Lipinski definition) is 2. The summed E-state index contributed by atoms with van der Waals surface area (Å²) in [4.78, 5) is 0. The number of nitrogens with zero attached hydrogens (tertiary/aromatic N) is 1. The molecule has 0 aromatic carbocycles. The number of rotatable bonds is 6. The molecule has 2 heterocycles. The molecule has 2 rings (SSSR count). The van der Waals surface area contributed by atoms with Gasteiger partial charge in [0.15, 0.2) is 0 Å². The standard InChI is InChI=1S/C14H24N2O/c1-3-14(15-4-2)12-7-8-16(10-12)11-13-6-5-9-17-13/h7-8,10,13-15H,3-6,9,11H2,1-2H3. The molecule has 1 aromatic rings. The molecule has 1 aromatic heterocycles. The Morgan fingerprint density at radius 2 is 2.41 bits per heavy atom. The molecular formula is C14H24N2O. The average Bonchev–Trinajstić information content (AvgIpc) is 2.98. The lowest BCUT2D eigenvalue weighted by Gasteiger charge is -2.14. The number of nitrogens with one attached hydrogen (secondary N) is 1. The minimum atomic E-state index is 0.425. The Bertz CT molecular complexity index is 329. The first-order valence-corrected chi connectivity index (χ1v) is 6.84. The van der Waals surface area contributed by atoms with Gasteiger partial charge >= 0.3 is 0 Å². The van der Waals surface area contributed by atoms with Crippen molar-refractivity contribution in [2.45, 2.75) is 51.8 Å². The molecule has 3 heteroatoms. The van der Waals surface area contributed by atoms with Crippen LogP contribution in [0.3, 0.4) is 0 Å². The highest BCUT2D eigenvalue weighted by molar-refractivity contribution is 5.15. The Morgan fingerprint density at radius 3 is 3.06 bits per heavy atom. The first kappa shape index (κ1) is 12.7. The van der Waals surface area contributed by atoms with Gasteiger partial charge in [-0.25, -0.2) is 0 Å². The molecule has 1 aliphatic heterocycles. The summed E-state index contributed by atoms with van der Waals surface area (Å²) in [6.07, 6.45) is 8.42. The third-order valence-electron chi connectivity index (χ3n) is 3.47. The second-order valence-electron chi connectivity index (χ2n) is 4.80. The Morgan fingerprint density at radius 1 is 1.53 bits per heavy atom. The maximum absolute atomic E-state index is 5.66. The van der Waals surface area contributed by atoms with Gasteiger partial charge in [0.2, 0.25) is 0 Å². The van der Waals surface area contributed by atoms with Crippen molar-refractivity contribution >= 4 is 0 Å². The molecule has 0 saturated carbocycles. The molecule has 1 fully saturated rings. The molecule has 3 nitrogen and oxygen atoms in total. The quantitative estimate of drug-likeness (QED) is 0.822. The van der Waals surface area contributed by atoms with Crippen molar-refractivity contribution < 1.29 is 4.74 Å². The Kier molecular flexibility index (Phi) is 4.63. The highest BCUT2D eigenvalue weighted by Crippen LogP contribution is 2.19. The lowest BCUT2D eigenvalue weighted by Crippen LogP contribution is -2.19. The minimum absolute atomic E-state index is 0.425. The van der Waals surface area contributed by atoms with E-state index in [1.54, 1.807) is 0 Å². The van der Waals surface area contributed by atoms with E-state index < -0.39 is 0 Å². The van der Waals surface area contributed by atoms with E-state index in [0.29, 0.717) is 12.1 Å². The van der Waals surface area contributed by atoms with Gasteiger partial charge < -0.3 is 14.6 Å². The summed E-state index contributed by atoms with van der Waals surface area (Å²) >= 11 is 0. The second-order valence-corrected chi connectivity index (χ2v) is 4.80. The van der Waals surface area contributed by atoms with Crippen LogP contribution >= 0.6 is 0 Å². The zero-order valence-electron chi connectivity index (χ0n) is 11.0.